The van der Waals surface area contributed by atoms with E-state index in [1.807, 2.05) is 0 Å². The monoisotopic (exact) mass is 258 g/mol. The first-order valence-corrected chi connectivity index (χ1v) is 5.36. The van der Waals surface area contributed by atoms with Crippen LogP contribution < -0.4 is 0 Å². The maximum absolute atomic E-state index is 12.9. The van der Waals surface area contributed by atoms with Gasteiger partial charge < -0.3 is 0 Å². The largest absolute Gasteiger partial charge is 0.374 e. The average Bonchev–Trinajstić information content (AvgIpc) is 2.08. The summed E-state index contributed by atoms with van der Waals surface area (Å²) in [6.07, 6.45) is -1.56. The van der Waals surface area contributed by atoms with E-state index >= 15 is 0 Å². The van der Waals surface area contributed by atoms with Crippen molar-refractivity contribution in [2.24, 2.45) is 0 Å². The number of halogens is 4. The van der Waals surface area contributed by atoms with Crippen LogP contribution in [-0.2, 0) is 16.5 Å². The van der Waals surface area contributed by atoms with Crippen LogP contribution in [0.4, 0.5) is 17.6 Å². The summed E-state index contributed by atoms with van der Waals surface area (Å²) in [4.78, 5) is 0. The van der Waals surface area contributed by atoms with Gasteiger partial charge in [-0.1, -0.05) is 6.07 Å². The predicted octanol–water partition coefficient (Wildman–Crippen LogP) is 1.99. The van der Waals surface area contributed by atoms with Crippen molar-refractivity contribution in [3.8, 4) is 0 Å². The third kappa shape index (κ3) is 2.70. The minimum absolute atomic E-state index is 0.343. The molecule has 0 fully saturated rings. The van der Waals surface area contributed by atoms with Crippen molar-refractivity contribution >= 4 is 10.1 Å². The van der Waals surface area contributed by atoms with Crippen molar-refractivity contribution in [1.82, 2.24) is 0 Å². The molecule has 0 aliphatic rings. The van der Waals surface area contributed by atoms with E-state index in [4.69, 9.17) is 4.55 Å². The number of hydrogen-bond donors (Lipinski definition) is 1. The summed E-state index contributed by atoms with van der Waals surface area (Å²) < 4.78 is 79.6. The van der Waals surface area contributed by atoms with E-state index in [1.54, 1.807) is 0 Å². The van der Waals surface area contributed by atoms with Crippen LogP contribution >= 0.6 is 0 Å². The van der Waals surface area contributed by atoms with Gasteiger partial charge in [-0.3, -0.25) is 4.55 Å². The van der Waals surface area contributed by atoms with Gasteiger partial charge in [0.1, 0.15) is 11.6 Å². The van der Waals surface area contributed by atoms with Crippen molar-refractivity contribution < 1.29 is 30.5 Å². The van der Waals surface area contributed by atoms with Gasteiger partial charge in [0.15, 0.2) is 0 Å². The molecule has 0 radical (unpaired) electrons. The highest BCUT2D eigenvalue weighted by Crippen LogP contribution is 2.26. The fraction of sp³-hybridized carbons (Fsp3) is 0.250. The third-order valence-corrected chi connectivity index (χ3v) is 2.69. The van der Waals surface area contributed by atoms with Crippen LogP contribution in [0.5, 0.6) is 0 Å². The van der Waals surface area contributed by atoms with E-state index in [0.717, 1.165) is 0 Å². The van der Waals surface area contributed by atoms with Gasteiger partial charge in [-0.05, 0) is 11.6 Å². The Bertz CT molecular complexity index is 498. The summed E-state index contributed by atoms with van der Waals surface area (Å²) in [5.41, 5.74) is -0.705. The second kappa shape index (κ2) is 4.02. The van der Waals surface area contributed by atoms with Gasteiger partial charge >= 0.3 is 15.4 Å². The molecule has 1 aromatic carbocycles. The van der Waals surface area contributed by atoms with Gasteiger partial charge in [0.25, 0.3) is 0 Å². The molecule has 3 nitrogen and oxygen atoms in total. The third-order valence-electron chi connectivity index (χ3n) is 1.79. The SMILES string of the molecule is O=S(=O)(O)C(F)(F)Cc1ccc(F)cc1F. The van der Waals surface area contributed by atoms with Crippen LogP contribution in [0.25, 0.3) is 0 Å². The van der Waals surface area contributed by atoms with Crippen LogP contribution in [0.15, 0.2) is 18.2 Å². The molecule has 0 unspecified atom stereocenters. The van der Waals surface area contributed by atoms with Gasteiger partial charge in [-0.2, -0.15) is 17.2 Å². The smallest absolute Gasteiger partial charge is 0.281 e. The van der Waals surface area contributed by atoms with Crippen LogP contribution in [0.3, 0.4) is 0 Å². The molecule has 0 heterocycles. The Morgan fingerprint density at radius 1 is 1.25 bits per heavy atom. The van der Waals surface area contributed by atoms with E-state index in [9.17, 15) is 26.0 Å². The van der Waals surface area contributed by atoms with Crippen molar-refractivity contribution in [3.63, 3.8) is 0 Å². The maximum Gasteiger partial charge on any atom is 0.374 e. The Kier molecular flexibility index (Phi) is 3.25. The highest BCUT2D eigenvalue weighted by Gasteiger charge is 2.44. The van der Waals surface area contributed by atoms with Gasteiger partial charge in [-0.15, -0.1) is 0 Å². The second-order valence-corrected chi connectivity index (χ2v) is 4.57. The Balaban J connectivity index is 3.06. The first-order valence-electron chi connectivity index (χ1n) is 3.92. The Morgan fingerprint density at radius 2 is 1.81 bits per heavy atom. The minimum Gasteiger partial charge on any atom is -0.281 e. The molecule has 90 valence electrons. The molecule has 0 bridgehead atoms. The second-order valence-electron chi connectivity index (χ2n) is 3.02. The zero-order chi connectivity index (χ0) is 12.6. The molecule has 8 heteroatoms. The molecule has 0 aromatic heterocycles. The molecule has 0 saturated carbocycles. The lowest BCUT2D eigenvalue weighted by Gasteiger charge is -2.13. The molecular formula is C8H6F4O3S. The predicted molar refractivity (Wildman–Crippen MR) is 46.6 cm³/mol. The highest BCUT2D eigenvalue weighted by molar-refractivity contribution is 7.86. The van der Waals surface area contributed by atoms with Crippen LogP contribution in [0.2, 0.25) is 0 Å². The topological polar surface area (TPSA) is 54.4 Å². The zero-order valence-corrected chi connectivity index (χ0v) is 8.44. The molecule has 0 atom stereocenters. The van der Waals surface area contributed by atoms with E-state index in [0.29, 0.717) is 18.2 Å². The number of alkyl halides is 2. The Morgan fingerprint density at radius 3 is 2.25 bits per heavy atom. The Hall–Kier alpha value is -1.15. The lowest BCUT2D eigenvalue weighted by atomic mass is 10.1. The Labute approximate surface area is 88.5 Å². The summed E-state index contributed by atoms with van der Waals surface area (Å²) in [7, 11) is -5.62. The summed E-state index contributed by atoms with van der Waals surface area (Å²) in [6, 6.07) is 1.73. The lowest BCUT2D eigenvalue weighted by molar-refractivity contribution is 0.0803. The van der Waals surface area contributed by atoms with E-state index in [-0.39, 0.29) is 0 Å². The van der Waals surface area contributed by atoms with Gasteiger partial charge in [0, 0.05) is 6.07 Å². The summed E-state index contributed by atoms with van der Waals surface area (Å²) in [6.45, 7) is 0. The number of hydrogen-bond acceptors (Lipinski definition) is 2. The molecule has 0 saturated heterocycles. The molecule has 16 heavy (non-hydrogen) atoms. The molecule has 0 aliphatic heterocycles. The summed E-state index contributed by atoms with van der Waals surface area (Å²) in [5.74, 6) is -2.28. The lowest BCUT2D eigenvalue weighted by Crippen LogP contribution is -2.31. The highest BCUT2D eigenvalue weighted by atomic mass is 32.2. The molecule has 1 rings (SSSR count). The zero-order valence-electron chi connectivity index (χ0n) is 7.62. The van der Waals surface area contributed by atoms with E-state index < -0.39 is 39.0 Å². The molecular weight excluding hydrogens is 252 g/mol. The van der Waals surface area contributed by atoms with Crippen LogP contribution in [-0.4, -0.2) is 18.2 Å². The summed E-state index contributed by atoms with van der Waals surface area (Å²) in [5, 5.41) is -4.51. The molecule has 0 amide bonds. The quantitative estimate of drug-likeness (QED) is 0.666. The van der Waals surface area contributed by atoms with Crippen molar-refractivity contribution in [2.75, 3.05) is 0 Å². The van der Waals surface area contributed by atoms with Crippen LogP contribution in [0.1, 0.15) is 5.56 Å². The fourth-order valence-electron chi connectivity index (χ4n) is 0.978. The minimum atomic E-state index is -5.62. The van der Waals surface area contributed by atoms with Gasteiger partial charge in [0.05, 0.1) is 6.42 Å². The molecule has 1 aromatic rings. The first-order chi connectivity index (χ1) is 7.13. The van der Waals surface area contributed by atoms with Gasteiger partial charge in [-0.25, -0.2) is 8.78 Å². The standard InChI is InChI=1S/C8H6F4O3S/c9-6-2-1-5(7(10)3-6)4-8(11,12)16(13,14)15/h1-3H,4H2,(H,13,14,15). The van der Waals surface area contributed by atoms with Crippen molar-refractivity contribution in [1.29, 1.82) is 0 Å². The van der Waals surface area contributed by atoms with Gasteiger partial charge in [0.2, 0.25) is 0 Å². The summed E-state index contributed by atoms with van der Waals surface area (Å²) >= 11 is 0. The number of rotatable bonds is 3. The molecule has 0 aliphatic carbocycles. The van der Waals surface area contributed by atoms with Crippen LogP contribution in [0, 0.1) is 11.6 Å². The molecule has 0 spiro atoms. The van der Waals surface area contributed by atoms with Crippen molar-refractivity contribution in [3.05, 3.63) is 35.4 Å². The van der Waals surface area contributed by atoms with E-state index in [2.05, 4.69) is 0 Å². The van der Waals surface area contributed by atoms with Crippen molar-refractivity contribution in [2.45, 2.75) is 11.7 Å². The molecule has 1 N–H and O–H groups in total. The maximum atomic E-state index is 12.9. The average molecular weight is 258 g/mol. The normalized spacial score (nSPS) is 12.8. The number of benzene rings is 1. The van der Waals surface area contributed by atoms with E-state index in [1.165, 1.54) is 0 Å². The first kappa shape index (κ1) is 12.9. The fourth-order valence-corrected chi connectivity index (χ4v) is 1.32.